The van der Waals surface area contributed by atoms with Crippen molar-refractivity contribution in [2.45, 2.75) is 20.0 Å². The molecule has 0 aromatic carbocycles. The molecule has 0 radical (unpaired) electrons. The van der Waals surface area contributed by atoms with Crippen LogP contribution in [0, 0.1) is 5.92 Å². The molecule has 0 rings (SSSR count). The molecule has 0 spiro atoms. The van der Waals surface area contributed by atoms with Gasteiger partial charge in [0.05, 0.1) is 13.2 Å². The molecule has 1 atom stereocenters. The Labute approximate surface area is 72.5 Å². The van der Waals surface area contributed by atoms with Crippen LogP contribution in [0.15, 0.2) is 0 Å². The average Bonchev–Trinajstić information content (AvgIpc) is 1.96. The van der Waals surface area contributed by atoms with Crippen LogP contribution in [0.4, 0.5) is 0 Å². The van der Waals surface area contributed by atoms with E-state index in [0.29, 0.717) is 13.2 Å². The van der Waals surface area contributed by atoms with Crippen LogP contribution in [0.5, 0.6) is 0 Å². The number of carbonyl (C=O) groups is 1. The maximum atomic E-state index is 10.6. The van der Waals surface area contributed by atoms with Crippen molar-refractivity contribution in [1.29, 1.82) is 0 Å². The molecular weight excluding hydrogens is 160 g/mol. The first-order valence-electron chi connectivity index (χ1n) is 3.93. The lowest BCUT2D eigenvalue weighted by Crippen LogP contribution is -2.30. The Bertz CT molecular complexity index is 133. The van der Waals surface area contributed by atoms with Crippen LogP contribution in [0.25, 0.3) is 0 Å². The van der Waals surface area contributed by atoms with E-state index in [-0.39, 0.29) is 5.92 Å². The van der Waals surface area contributed by atoms with Gasteiger partial charge < -0.3 is 14.6 Å². The Hall–Kier alpha value is -0.610. The monoisotopic (exact) mass is 176 g/mol. The number of aliphatic carboxylic acids is 1. The third-order valence-electron chi connectivity index (χ3n) is 1.43. The molecule has 0 aliphatic carbocycles. The van der Waals surface area contributed by atoms with E-state index in [1.807, 2.05) is 13.8 Å². The fraction of sp³-hybridized carbons (Fsp3) is 0.875. The van der Waals surface area contributed by atoms with Crippen LogP contribution in [-0.2, 0) is 14.3 Å². The van der Waals surface area contributed by atoms with Gasteiger partial charge in [0.15, 0.2) is 6.10 Å². The van der Waals surface area contributed by atoms with Gasteiger partial charge in [0.2, 0.25) is 0 Å². The normalized spacial score (nSPS) is 13.3. The molecular formula is C8H16O4. The van der Waals surface area contributed by atoms with Crippen molar-refractivity contribution in [2.24, 2.45) is 5.92 Å². The molecule has 0 aromatic heterocycles. The first kappa shape index (κ1) is 11.4. The molecule has 0 fully saturated rings. The predicted octanol–water partition coefficient (Wildman–Crippen LogP) is 0.759. The number of rotatable bonds is 6. The molecule has 4 heteroatoms. The zero-order valence-corrected chi connectivity index (χ0v) is 7.74. The summed E-state index contributed by atoms with van der Waals surface area (Å²) in [5.41, 5.74) is 0. The van der Waals surface area contributed by atoms with Crippen molar-refractivity contribution in [2.75, 3.05) is 20.3 Å². The second kappa shape index (κ2) is 5.97. The standard InChI is InChI=1S/C8H16O4/c1-6(2)7(8(9)10)12-5-4-11-3/h6-7H,4-5H2,1-3H3,(H,9,10). The van der Waals surface area contributed by atoms with Gasteiger partial charge in [0.1, 0.15) is 0 Å². The van der Waals surface area contributed by atoms with Gasteiger partial charge in [-0.25, -0.2) is 4.79 Å². The van der Waals surface area contributed by atoms with Crippen LogP contribution < -0.4 is 0 Å². The first-order chi connectivity index (χ1) is 5.59. The summed E-state index contributed by atoms with van der Waals surface area (Å²) >= 11 is 0. The van der Waals surface area contributed by atoms with E-state index in [4.69, 9.17) is 14.6 Å². The summed E-state index contributed by atoms with van der Waals surface area (Å²) in [6.45, 7) is 4.37. The fourth-order valence-electron chi connectivity index (χ4n) is 0.807. The van der Waals surface area contributed by atoms with Crippen molar-refractivity contribution in [3.05, 3.63) is 0 Å². The zero-order valence-electron chi connectivity index (χ0n) is 7.74. The molecule has 12 heavy (non-hydrogen) atoms. The summed E-state index contributed by atoms with van der Waals surface area (Å²) in [7, 11) is 1.55. The smallest absolute Gasteiger partial charge is 0.333 e. The largest absolute Gasteiger partial charge is 0.479 e. The van der Waals surface area contributed by atoms with Crippen molar-refractivity contribution >= 4 is 5.97 Å². The summed E-state index contributed by atoms with van der Waals surface area (Å²) in [6, 6.07) is 0. The molecule has 0 aliphatic rings. The van der Waals surface area contributed by atoms with Crippen molar-refractivity contribution in [3.8, 4) is 0 Å². The highest BCUT2D eigenvalue weighted by molar-refractivity contribution is 5.72. The van der Waals surface area contributed by atoms with Gasteiger partial charge in [0.25, 0.3) is 0 Å². The van der Waals surface area contributed by atoms with Gasteiger partial charge in [-0.05, 0) is 5.92 Å². The summed E-state index contributed by atoms with van der Waals surface area (Å²) in [5.74, 6) is -0.930. The Balaban J connectivity index is 3.72. The molecule has 1 unspecified atom stereocenters. The third-order valence-corrected chi connectivity index (χ3v) is 1.43. The van der Waals surface area contributed by atoms with Crippen LogP contribution in [-0.4, -0.2) is 37.5 Å². The minimum Gasteiger partial charge on any atom is -0.479 e. The Morgan fingerprint density at radius 3 is 2.33 bits per heavy atom. The lowest BCUT2D eigenvalue weighted by atomic mass is 10.1. The number of carboxylic acids is 1. The number of hydrogen-bond acceptors (Lipinski definition) is 3. The molecule has 1 N–H and O–H groups in total. The van der Waals surface area contributed by atoms with E-state index in [9.17, 15) is 4.79 Å². The van der Waals surface area contributed by atoms with E-state index in [0.717, 1.165) is 0 Å². The van der Waals surface area contributed by atoms with Gasteiger partial charge in [-0.2, -0.15) is 0 Å². The quantitative estimate of drug-likeness (QED) is 0.607. The second-order valence-corrected chi connectivity index (χ2v) is 2.87. The molecule has 0 aromatic rings. The minimum absolute atomic E-state index is 0.0145. The summed E-state index contributed by atoms with van der Waals surface area (Å²) in [6.07, 6.45) is -0.722. The van der Waals surface area contributed by atoms with Crippen molar-refractivity contribution in [3.63, 3.8) is 0 Å². The van der Waals surface area contributed by atoms with Crippen LogP contribution in [0.2, 0.25) is 0 Å². The van der Waals surface area contributed by atoms with Crippen molar-refractivity contribution < 1.29 is 19.4 Å². The molecule has 72 valence electrons. The predicted molar refractivity (Wildman–Crippen MR) is 44.1 cm³/mol. The van der Waals surface area contributed by atoms with Gasteiger partial charge in [0, 0.05) is 7.11 Å². The maximum absolute atomic E-state index is 10.6. The zero-order chi connectivity index (χ0) is 9.56. The topological polar surface area (TPSA) is 55.8 Å². The maximum Gasteiger partial charge on any atom is 0.333 e. The highest BCUT2D eigenvalue weighted by atomic mass is 16.5. The van der Waals surface area contributed by atoms with E-state index in [1.54, 1.807) is 7.11 Å². The molecule has 0 aliphatic heterocycles. The van der Waals surface area contributed by atoms with Gasteiger partial charge in [-0.1, -0.05) is 13.8 Å². The number of hydrogen-bond donors (Lipinski definition) is 1. The summed E-state index contributed by atoms with van der Waals surface area (Å²) < 4.78 is 9.81. The lowest BCUT2D eigenvalue weighted by molar-refractivity contribution is -0.154. The van der Waals surface area contributed by atoms with Gasteiger partial charge in [-0.15, -0.1) is 0 Å². The van der Waals surface area contributed by atoms with E-state index in [1.165, 1.54) is 0 Å². The van der Waals surface area contributed by atoms with E-state index in [2.05, 4.69) is 0 Å². The number of ether oxygens (including phenoxy) is 2. The molecule has 0 saturated carbocycles. The summed E-state index contributed by atoms with van der Waals surface area (Å²) in [4.78, 5) is 10.6. The van der Waals surface area contributed by atoms with E-state index >= 15 is 0 Å². The average molecular weight is 176 g/mol. The van der Waals surface area contributed by atoms with Gasteiger partial charge in [-0.3, -0.25) is 0 Å². The summed E-state index contributed by atoms with van der Waals surface area (Å²) in [5, 5.41) is 8.68. The molecule has 0 heterocycles. The molecule has 0 amide bonds. The third kappa shape index (κ3) is 4.31. The van der Waals surface area contributed by atoms with Gasteiger partial charge >= 0.3 is 5.97 Å². The van der Waals surface area contributed by atoms with Crippen LogP contribution >= 0.6 is 0 Å². The Morgan fingerprint density at radius 2 is 2.00 bits per heavy atom. The highest BCUT2D eigenvalue weighted by Crippen LogP contribution is 2.06. The lowest BCUT2D eigenvalue weighted by Gasteiger charge is -2.16. The highest BCUT2D eigenvalue weighted by Gasteiger charge is 2.21. The van der Waals surface area contributed by atoms with E-state index < -0.39 is 12.1 Å². The van der Waals surface area contributed by atoms with Crippen LogP contribution in [0.1, 0.15) is 13.8 Å². The second-order valence-electron chi connectivity index (χ2n) is 2.87. The number of methoxy groups -OCH3 is 1. The first-order valence-corrected chi connectivity index (χ1v) is 3.93. The SMILES string of the molecule is COCCOC(C(=O)O)C(C)C. The molecule has 4 nitrogen and oxygen atoms in total. The molecule has 0 saturated heterocycles. The fourth-order valence-corrected chi connectivity index (χ4v) is 0.807. The number of carboxylic acid groups (broad SMARTS) is 1. The minimum atomic E-state index is -0.916. The van der Waals surface area contributed by atoms with Crippen LogP contribution in [0.3, 0.4) is 0 Å². The Kier molecular flexibility index (Phi) is 5.66. The Morgan fingerprint density at radius 1 is 1.42 bits per heavy atom. The molecule has 0 bridgehead atoms. The van der Waals surface area contributed by atoms with Crippen molar-refractivity contribution in [1.82, 2.24) is 0 Å².